The average molecular weight is 256 g/mol. The fourth-order valence-corrected chi connectivity index (χ4v) is 2.98. The summed E-state index contributed by atoms with van der Waals surface area (Å²) in [5, 5.41) is 0. The van der Waals surface area contributed by atoms with Crippen molar-refractivity contribution in [1.82, 2.24) is 9.97 Å². The van der Waals surface area contributed by atoms with Crippen molar-refractivity contribution in [3.8, 4) is 0 Å². The molecule has 0 saturated carbocycles. The van der Waals surface area contributed by atoms with E-state index >= 15 is 0 Å². The number of hydrogen-bond acceptors (Lipinski definition) is 3. The molecule has 0 fully saturated rings. The number of nitrogens with one attached hydrogen (secondary N) is 1. The zero-order chi connectivity index (χ0) is 12.1. The van der Waals surface area contributed by atoms with Gasteiger partial charge < -0.3 is 4.98 Å². The molecule has 1 heterocycles. The molecule has 0 atom stereocenters. The molecule has 0 amide bonds. The van der Waals surface area contributed by atoms with E-state index in [1.165, 1.54) is 23.4 Å². The smallest absolute Gasteiger partial charge is 0.133 e. The van der Waals surface area contributed by atoms with Gasteiger partial charge in [0.25, 0.3) is 0 Å². The van der Waals surface area contributed by atoms with Crippen molar-refractivity contribution in [3.63, 3.8) is 0 Å². The molecule has 1 N–H and O–H groups in total. The molecule has 90 valence electrons. The highest BCUT2D eigenvalue weighted by Gasteiger charge is 2.08. The number of aromatic nitrogens is 2. The highest BCUT2D eigenvalue weighted by Crippen LogP contribution is 2.19. The second-order valence-corrected chi connectivity index (χ2v) is 5.73. The number of nitrogens with zero attached hydrogens (tertiary/aromatic N) is 1. The summed E-state index contributed by atoms with van der Waals surface area (Å²) in [6.45, 7) is 8.58. The van der Waals surface area contributed by atoms with Crippen LogP contribution in [0.1, 0.15) is 50.2 Å². The van der Waals surface area contributed by atoms with Gasteiger partial charge in [-0.2, -0.15) is 11.8 Å². The Balaban J connectivity index is 2.88. The molecule has 4 heteroatoms. The molecular weight excluding hydrogens is 236 g/mol. The van der Waals surface area contributed by atoms with Gasteiger partial charge in [-0.1, -0.05) is 33.0 Å². The maximum absolute atomic E-state index is 5.34. The molecule has 0 aliphatic rings. The van der Waals surface area contributed by atoms with Crippen LogP contribution in [0, 0.1) is 11.6 Å². The molecule has 0 bridgehead atoms. The Morgan fingerprint density at radius 3 is 2.62 bits per heavy atom. The van der Waals surface area contributed by atoms with Crippen molar-refractivity contribution in [3.05, 3.63) is 21.7 Å². The van der Waals surface area contributed by atoms with Crippen LogP contribution in [0.2, 0.25) is 0 Å². The molecule has 1 aromatic heterocycles. The summed E-state index contributed by atoms with van der Waals surface area (Å²) >= 11 is 7.24. The van der Waals surface area contributed by atoms with Crippen molar-refractivity contribution in [2.24, 2.45) is 0 Å². The topological polar surface area (TPSA) is 28.7 Å². The lowest BCUT2D eigenvalue weighted by molar-refractivity contribution is 0.810. The Morgan fingerprint density at radius 1 is 1.44 bits per heavy atom. The predicted octanol–water partition coefficient (Wildman–Crippen LogP) is 4.21. The number of aromatic amines is 1. The largest absolute Gasteiger partial charge is 0.346 e. The Bertz CT molecular complexity index is 396. The van der Waals surface area contributed by atoms with Crippen LogP contribution in [0.3, 0.4) is 0 Å². The van der Waals surface area contributed by atoms with Crippen molar-refractivity contribution in [2.75, 3.05) is 5.75 Å². The maximum atomic E-state index is 5.34. The van der Waals surface area contributed by atoms with Gasteiger partial charge in [0.05, 0.1) is 5.75 Å². The van der Waals surface area contributed by atoms with E-state index < -0.39 is 0 Å². The number of rotatable bonds is 5. The summed E-state index contributed by atoms with van der Waals surface area (Å²) in [7, 11) is 0. The Hall–Kier alpha value is -0.350. The lowest BCUT2D eigenvalue weighted by Crippen LogP contribution is -2.03. The summed E-state index contributed by atoms with van der Waals surface area (Å²) in [6, 6.07) is 0. The first-order valence-corrected chi connectivity index (χ1v) is 7.30. The van der Waals surface area contributed by atoms with Gasteiger partial charge in [-0.3, -0.25) is 0 Å². The first-order valence-electron chi connectivity index (χ1n) is 5.73. The molecule has 0 unspecified atom stereocenters. The minimum absolute atomic E-state index is 0.439. The van der Waals surface area contributed by atoms with E-state index in [9.17, 15) is 0 Å². The second-order valence-electron chi connectivity index (χ2n) is 4.23. The van der Waals surface area contributed by atoms with Crippen LogP contribution in [0.15, 0.2) is 0 Å². The summed E-state index contributed by atoms with van der Waals surface area (Å²) in [4.78, 5) is 7.82. The predicted molar refractivity (Wildman–Crippen MR) is 74.7 cm³/mol. The summed E-state index contributed by atoms with van der Waals surface area (Å²) in [5.41, 5.74) is 2.35. The SMILES string of the molecule is CCCSCc1nc(=S)c(C(C)C)c(C)[nH]1. The average Bonchev–Trinajstić information content (AvgIpc) is 2.16. The third kappa shape index (κ3) is 3.59. The van der Waals surface area contributed by atoms with Gasteiger partial charge in [-0.15, -0.1) is 0 Å². The molecule has 2 nitrogen and oxygen atoms in total. The summed E-state index contributed by atoms with van der Waals surface area (Å²) in [5.74, 6) is 3.54. The number of hydrogen-bond donors (Lipinski definition) is 1. The zero-order valence-electron chi connectivity index (χ0n) is 10.5. The molecule has 0 aliphatic heterocycles. The van der Waals surface area contributed by atoms with Gasteiger partial charge in [0.1, 0.15) is 10.5 Å². The molecule has 0 aliphatic carbocycles. The lowest BCUT2D eigenvalue weighted by atomic mass is 10.0. The normalized spacial score (nSPS) is 11.1. The monoisotopic (exact) mass is 256 g/mol. The van der Waals surface area contributed by atoms with E-state index in [0.717, 1.165) is 16.2 Å². The van der Waals surface area contributed by atoms with Crippen LogP contribution >= 0.6 is 24.0 Å². The minimum Gasteiger partial charge on any atom is -0.346 e. The van der Waals surface area contributed by atoms with E-state index in [-0.39, 0.29) is 0 Å². The van der Waals surface area contributed by atoms with E-state index in [4.69, 9.17) is 12.2 Å². The molecule has 16 heavy (non-hydrogen) atoms. The number of thioether (sulfide) groups is 1. The third-order valence-electron chi connectivity index (χ3n) is 2.37. The van der Waals surface area contributed by atoms with Gasteiger partial charge in [0.2, 0.25) is 0 Å². The van der Waals surface area contributed by atoms with Crippen LogP contribution in [0.4, 0.5) is 0 Å². The zero-order valence-corrected chi connectivity index (χ0v) is 12.1. The van der Waals surface area contributed by atoms with Crippen molar-refractivity contribution < 1.29 is 0 Å². The van der Waals surface area contributed by atoms with Crippen molar-refractivity contribution >= 4 is 24.0 Å². The van der Waals surface area contributed by atoms with Gasteiger partial charge in [0.15, 0.2) is 0 Å². The molecule has 0 saturated heterocycles. The highest BCUT2D eigenvalue weighted by molar-refractivity contribution is 7.98. The van der Waals surface area contributed by atoms with Crippen LogP contribution in [-0.2, 0) is 5.75 Å². The fourth-order valence-electron chi connectivity index (χ4n) is 1.72. The maximum Gasteiger partial charge on any atom is 0.133 e. The quantitative estimate of drug-likeness (QED) is 0.632. The van der Waals surface area contributed by atoms with Crippen LogP contribution < -0.4 is 0 Å². The molecular formula is C12H20N2S2. The van der Waals surface area contributed by atoms with Gasteiger partial charge >= 0.3 is 0 Å². The van der Waals surface area contributed by atoms with E-state index in [0.29, 0.717) is 5.92 Å². The second kappa shape index (κ2) is 6.40. The third-order valence-corrected chi connectivity index (χ3v) is 3.85. The van der Waals surface area contributed by atoms with E-state index in [1.54, 1.807) is 0 Å². The van der Waals surface area contributed by atoms with Crippen molar-refractivity contribution in [1.29, 1.82) is 0 Å². The standard InChI is InChI=1S/C12H20N2S2/c1-5-6-16-7-10-13-9(4)11(8(2)3)12(15)14-10/h8H,5-7H2,1-4H3,(H,13,14,15). The van der Waals surface area contributed by atoms with Crippen molar-refractivity contribution in [2.45, 2.75) is 45.8 Å². The fraction of sp³-hybridized carbons (Fsp3) is 0.667. The summed E-state index contributed by atoms with van der Waals surface area (Å²) in [6.07, 6.45) is 1.20. The van der Waals surface area contributed by atoms with E-state index in [1.807, 2.05) is 11.8 Å². The summed E-state index contributed by atoms with van der Waals surface area (Å²) < 4.78 is 0.762. The van der Waals surface area contributed by atoms with E-state index in [2.05, 4.69) is 37.7 Å². The Morgan fingerprint density at radius 2 is 2.12 bits per heavy atom. The van der Waals surface area contributed by atoms with Crippen LogP contribution in [0.25, 0.3) is 0 Å². The van der Waals surface area contributed by atoms with Gasteiger partial charge in [0, 0.05) is 11.3 Å². The van der Waals surface area contributed by atoms with Gasteiger partial charge in [-0.25, -0.2) is 4.98 Å². The molecule has 0 aromatic carbocycles. The molecule has 1 rings (SSSR count). The minimum atomic E-state index is 0.439. The number of H-pyrrole nitrogens is 1. The Labute approximate surface area is 107 Å². The molecule has 0 spiro atoms. The lowest BCUT2D eigenvalue weighted by Gasteiger charge is -2.11. The Kier molecular flexibility index (Phi) is 5.49. The van der Waals surface area contributed by atoms with Crippen LogP contribution in [0.5, 0.6) is 0 Å². The van der Waals surface area contributed by atoms with Gasteiger partial charge in [-0.05, 0) is 25.0 Å². The first-order chi connectivity index (χ1) is 7.56. The first kappa shape index (κ1) is 13.7. The number of aryl methyl sites for hydroxylation is 1. The molecule has 1 aromatic rings. The molecule has 0 radical (unpaired) electrons. The van der Waals surface area contributed by atoms with Crippen LogP contribution in [-0.4, -0.2) is 15.7 Å². The highest BCUT2D eigenvalue weighted by atomic mass is 32.2.